The number of hydrogen-bond donors (Lipinski definition) is 1. The van der Waals surface area contributed by atoms with Crippen LogP contribution in [0.1, 0.15) is 104 Å². The van der Waals surface area contributed by atoms with Crippen LogP contribution in [0, 0.1) is 12.8 Å². The number of rotatable bonds is 26. The fourth-order valence-electron chi connectivity index (χ4n) is 3.60. The Morgan fingerprint density at radius 2 is 1.30 bits per heavy atom. The number of carbonyl (C=O) groups excluding carboxylic acids is 2. The summed E-state index contributed by atoms with van der Waals surface area (Å²) in [7, 11) is 3.86. The second-order valence-corrected chi connectivity index (χ2v) is 10.1. The first-order valence-electron chi connectivity index (χ1n) is 14.7. The quantitative estimate of drug-likeness (QED) is 0.0819. The molecule has 0 aliphatic rings. The van der Waals surface area contributed by atoms with Gasteiger partial charge in [0.05, 0.1) is 19.6 Å². The molecule has 0 fully saturated rings. The first-order valence-corrected chi connectivity index (χ1v) is 14.7. The minimum Gasteiger partial charge on any atom is -0.465 e. The molecule has 0 saturated heterocycles. The number of hydrogen-bond acceptors (Lipinski definition) is 7. The van der Waals surface area contributed by atoms with E-state index in [1.165, 1.54) is 51.4 Å². The van der Waals surface area contributed by atoms with Gasteiger partial charge in [-0.1, -0.05) is 78.1 Å². The Morgan fingerprint density at radius 1 is 0.784 bits per heavy atom. The molecule has 8 nitrogen and oxygen atoms in total. The Kier molecular flexibility index (Phi) is 25.3. The van der Waals surface area contributed by atoms with Crippen molar-refractivity contribution in [1.82, 2.24) is 10.2 Å². The minimum absolute atomic E-state index is 0.0897. The van der Waals surface area contributed by atoms with Crippen LogP contribution in [-0.4, -0.2) is 76.9 Å². The largest absolute Gasteiger partial charge is 0.465 e. The Bertz CT molecular complexity index is 515. The van der Waals surface area contributed by atoms with Gasteiger partial charge in [0.2, 0.25) is 0 Å². The Hall–Kier alpha value is -1.38. The maximum Gasteiger partial charge on any atom is 0.407 e. The lowest BCUT2D eigenvalue weighted by Crippen LogP contribution is -2.33. The number of likely N-dealkylation sites (N-methyl/N-ethyl adjacent to an activating group) is 1. The van der Waals surface area contributed by atoms with E-state index in [1.54, 1.807) is 0 Å². The van der Waals surface area contributed by atoms with Crippen molar-refractivity contribution >= 4 is 12.1 Å². The molecule has 1 amide bonds. The fraction of sp³-hybridized carbons (Fsp3) is 0.897. The topological polar surface area (TPSA) is 86.3 Å². The van der Waals surface area contributed by atoms with Crippen LogP contribution in [0.2, 0.25) is 0 Å². The average molecular weight is 530 g/mol. The van der Waals surface area contributed by atoms with Gasteiger partial charge in [0.1, 0.15) is 0 Å². The highest BCUT2D eigenvalue weighted by molar-refractivity contribution is 5.69. The number of amides is 1. The second kappa shape index (κ2) is 26.2. The number of unbranched alkanes of at least 4 members (excludes halogenated alkanes) is 10. The molecular weight excluding hydrogens is 472 g/mol. The second-order valence-electron chi connectivity index (χ2n) is 10.1. The summed E-state index contributed by atoms with van der Waals surface area (Å²) >= 11 is 0. The molecule has 0 bridgehead atoms. The van der Waals surface area contributed by atoms with Gasteiger partial charge in [-0.25, -0.2) is 4.79 Å². The third-order valence-corrected chi connectivity index (χ3v) is 5.95. The van der Waals surface area contributed by atoms with Crippen molar-refractivity contribution in [3.63, 3.8) is 0 Å². The Balaban J connectivity index is 4.18. The summed E-state index contributed by atoms with van der Waals surface area (Å²) < 4.78 is 22.4. The Labute approximate surface area is 227 Å². The van der Waals surface area contributed by atoms with E-state index in [0.29, 0.717) is 26.2 Å². The molecule has 0 aromatic heterocycles. The van der Waals surface area contributed by atoms with Gasteiger partial charge in [0.25, 0.3) is 0 Å². The molecule has 0 heterocycles. The van der Waals surface area contributed by atoms with Crippen molar-refractivity contribution in [2.75, 3.05) is 53.6 Å². The third kappa shape index (κ3) is 26.0. The summed E-state index contributed by atoms with van der Waals surface area (Å²) in [6.07, 6.45) is 14.2. The summed E-state index contributed by atoms with van der Waals surface area (Å²) in [5.41, 5.74) is 0. The number of ether oxygens (including phenoxy) is 4. The number of nitrogens with one attached hydrogen (secondary N) is 1. The molecule has 0 aliphatic carbocycles. The first-order chi connectivity index (χ1) is 17.9. The summed E-state index contributed by atoms with van der Waals surface area (Å²) in [5, 5.41) is 2.67. The molecule has 0 spiro atoms. The fourth-order valence-corrected chi connectivity index (χ4v) is 3.60. The zero-order valence-corrected chi connectivity index (χ0v) is 24.4. The molecule has 0 aliphatic heterocycles. The van der Waals surface area contributed by atoms with E-state index >= 15 is 0 Å². The van der Waals surface area contributed by atoms with Gasteiger partial charge in [-0.05, 0) is 33.9 Å². The molecule has 219 valence electrons. The van der Waals surface area contributed by atoms with E-state index in [9.17, 15) is 9.59 Å². The van der Waals surface area contributed by atoms with E-state index in [1.807, 2.05) is 19.0 Å². The van der Waals surface area contributed by atoms with Gasteiger partial charge in [0.15, 0.2) is 6.29 Å². The molecule has 8 heteroatoms. The van der Waals surface area contributed by atoms with Crippen LogP contribution in [0.3, 0.4) is 0 Å². The van der Waals surface area contributed by atoms with Crippen LogP contribution in [0.5, 0.6) is 0 Å². The molecule has 0 rings (SSSR count). The molecule has 0 aromatic rings. The first kappa shape index (κ1) is 35.6. The summed E-state index contributed by atoms with van der Waals surface area (Å²) in [6.45, 7) is 11.1. The molecule has 0 aromatic carbocycles. The van der Waals surface area contributed by atoms with Crippen LogP contribution in [0.15, 0.2) is 0 Å². The molecule has 1 atom stereocenters. The molecule has 1 radical (unpaired) electrons. The van der Waals surface area contributed by atoms with E-state index in [2.05, 4.69) is 26.1 Å². The van der Waals surface area contributed by atoms with Crippen LogP contribution in [-0.2, 0) is 23.7 Å². The predicted octanol–water partition coefficient (Wildman–Crippen LogP) is 6.13. The maximum atomic E-state index is 12.3. The van der Waals surface area contributed by atoms with Crippen molar-refractivity contribution in [3.8, 4) is 0 Å². The number of carbonyl (C=O) groups is 2. The van der Waals surface area contributed by atoms with Crippen molar-refractivity contribution < 1.29 is 28.5 Å². The van der Waals surface area contributed by atoms with Gasteiger partial charge >= 0.3 is 12.1 Å². The van der Waals surface area contributed by atoms with E-state index in [-0.39, 0.29) is 37.8 Å². The number of alkyl carbamates (subject to hydrolysis) is 1. The number of nitrogens with zero attached hydrogens (tertiary/aromatic N) is 1. The molecule has 37 heavy (non-hydrogen) atoms. The Morgan fingerprint density at radius 3 is 1.84 bits per heavy atom. The molecule has 1 unspecified atom stereocenters. The molecule has 0 saturated carbocycles. The highest BCUT2D eigenvalue weighted by Gasteiger charge is 2.15. The predicted molar refractivity (Wildman–Crippen MR) is 149 cm³/mol. The van der Waals surface area contributed by atoms with Crippen molar-refractivity contribution in [2.45, 2.75) is 110 Å². The van der Waals surface area contributed by atoms with E-state index < -0.39 is 6.09 Å². The van der Waals surface area contributed by atoms with Crippen LogP contribution in [0.4, 0.5) is 4.79 Å². The van der Waals surface area contributed by atoms with E-state index in [0.717, 1.165) is 32.2 Å². The normalized spacial score (nSPS) is 12.2. The smallest absolute Gasteiger partial charge is 0.407 e. The monoisotopic (exact) mass is 529 g/mol. The minimum atomic E-state index is -0.491. The van der Waals surface area contributed by atoms with Gasteiger partial charge in [0, 0.05) is 38.6 Å². The zero-order chi connectivity index (χ0) is 27.6. The van der Waals surface area contributed by atoms with Gasteiger partial charge in [-0.3, -0.25) is 4.79 Å². The maximum absolute atomic E-state index is 12.3. The highest BCUT2D eigenvalue weighted by Crippen LogP contribution is 2.12. The van der Waals surface area contributed by atoms with Crippen molar-refractivity contribution in [2.24, 2.45) is 5.92 Å². The lowest BCUT2D eigenvalue weighted by atomic mass is 10.1. The van der Waals surface area contributed by atoms with Gasteiger partial charge < -0.3 is 29.2 Å². The van der Waals surface area contributed by atoms with E-state index in [4.69, 9.17) is 18.9 Å². The SMILES string of the molecule is [CH2]C(COC(=O)CCC(OCCCCCCCC)OCCCCCCCC)COC(=O)NCCN(C)C. The summed E-state index contributed by atoms with van der Waals surface area (Å²) in [4.78, 5) is 25.9. The third-order valence-electron chi connectivity index (χ3n) is 5.95. The van der Waals surface area contributed by atoms with Crippen molar-refractivity contribution in [3.05, 3.63) is 6.92 Å². The lowest BCUT2D eigenvalue weighted by molar-refractivity contribution is -0.160. The van der Waals surface area contributed by atoms with Gasteiger partial charge in [-0.15, -0.1) is 0 Å². The highest BCUT2D eigenvalue weighted by atomic mass is 16.7. The van der Waals surface area contributed by atoms with Gasteiger partial charge in [-0.2, -0.15) is 0 Å². The van der Waals surface area contributed by atoms with Crippen molar-refractivity contribution in [1.29, 1.82) is 0 Å². The van der Waals surface area contributed by atoms with Crippen LogP contribution in [0.25, 0.3) is 0 Å². The molecular formula is C29H57N2O6. The summed E-state index contributed by atoms with van der Waals surface area (Å²) in [5.74, 6) is -0.646. The molecule has 1 N–H and O–H groups in total. The lowest BCUT2D eigenvalue weighted by Gasteiger charge is -2.19. The number of esters is 1. The summed E-state index contributed by atoms with van der Waals surface area (Å²) in [6, 6.07) is 0. The standard InChI is InChI=1S/C29H57N2O6/c1-6-8-10-12-14-16-22-34-28(35-23-17-15-13-11-9-7-2)19-18-27(32)36-24-26(3)25-37-29(33)30-20-21-31(4)5/h26,28H,3,6-25H2,1-2,4-5H3,(H,30,33). The zero-order valence-electron chi connectivity index (χ0n) is 24.4. The van der Waals surface area contributed by atoms with Crippen LogP contribution < -0.4 is 5.32 Å². The van der Waals surface area contributed by atoms with Crippen LogP contribution >= 0.6 is 0 Å². The average Bonchev–Trinajstić information content (AvgIpc) is 2.87.